The number of likely N-dealkylation sites (tertiary alicyclic amines) is 1. The van der Waals surface area contributed by atoms with Crippen LogP contribution in [0, 0.1) is 5.92 Å². The molecular formula is C21H33N3O3. The maximum Gasteiger partial charge on any atom is 0.303 e. The number of anilines is 1. The number of carbonyl (C=O) groups is 1. The Kier molecular flexibility index (Phi) is 7.10. The van der Waals surface area contributed by atoms with Gasteiger partial charge in [-0.25, -0.2) is 0 Å². The van der Waals surface area contributed by atoms with Crippen molar-refractivity contribution in [3.63, 3.8) is 0 Å². The fourth-order valence-corrected chi connectivity index (χ4v) is 4.44. The first-order valence-electron chi connectivity index (χ1n) is 10.0. The monoisotopic (exact) mass is 375 g/mol. The van der Waals surface area contributed by atoms with Crippen molar-refractivity contribution in [3.05, 3.63) is 29.8 Å². The molecule has 3 rings (SSSR count). The lowest BCUT2D eigenvalue weighted by Crippen LogP contribution is -2.48. The minimum Gasteiger partial charge on any atom is -0.481 e. The minimum absolute atomic E-state index is 0.259. The molecule has 2 atom stereocenters. The Labute approximate surface area is 162 Å². The van der Waals surface area contributed by atoms with E-state index < -0.39 is 5.97 Å². The third-order valence-electron chi connectivity index (χ3n) is 5.86. The smallest absolute Gasteiger partial charge is 0.303 e. The molecule has 2 aliphatic heterocycles. The number of nitrogens with zero attached hydrogens (tertiary/aromatic N) is 3. The highest BCUT2D eigenvalue weighted by molar-refractivity contribution is 5.66. The van der Waals surface area contributed by atoms with Crippen LogP contribution in [0.3, 0.4) is 0 Å². The summed E-state index contributed by atoms with van der Waals surface area (Å²) in [6, 6.07) is 9.31. The highest BCUT2D eigenvalue weighted by Gasteiger charge is 2.30. The summed E-state index contributed by atoms with van der Waals surface area (Å²) in [7, 11) is 4.22. The minimum atomic E-state index is -0.692. The van der Waals surface area contributed by atoms with E-state index in [1.807, 2.05) is 0 Å². The van der Waals surface area contributed by atoms with Crippen LogP contribution >= 0.6 is 0 Å². The molecule has 0 radical (unpaired) electrons. The quantitative estimate of drug-likeness (QED) is 0.788. The van der Waals surface area contributed by atoms with Crippen LogP contribution in [0.4, 0.5) is 5.69 Å². The Bertz CT molecular complexity index is 616. The van der Waals surface area contributed by atoms with Gasteiger partial charge in [0.2, 0.25) is 0 Å². The van der Waals surface area contributed by atoms with Crippen LogP contribution in [0.2, 0.25) is 0 Å². The van der Waals surface area contributed by atoms with Gasteiger partial charge in [-0.05, 0) is 57.1 Å². The van der Waals surface area contributed by atoms with Crippen molar-refractivity contribution >= 4 is 11.7 Å². The second-order valence-electron chi connectivity index (χ2n) is 8.02. The first kappa shape index (κ1) is 20.1. The van der Waals surface area contributed by atoms with E-state index in [-0.39, 0.29) is 6.42 Å². The van der Waals surface area contributed by atoms with Crippen LogP contribution in [-0.4, -0.2) is 80.4 Å². The summed E-state index contributed by atoms with van der Waals surface area (Å²) in [5, 5.41) is 9.08. The van der Waals surface area contributed by atoms with Gasteiger partial charge < -0.3 is 19.6 Å². The van der Waals surface area contributed by atoms with E-state index >= 15 is 0 Å². The number of hydrogen-bond acceptors (Lipinski definition) is 5. The van der Waals surface area contributed by atoms with Gasteiger partial charge in [0.05, 0.1) is 13.2 Å². The number of carboxylic acids is 1. The van der Waals surface area contributed by atoms with Gasteiger partial charge in [-0.2, -0.15) is 0 Å². The van der Waals surface area contributed by atoms with Gasteiger partial charge >= 0.3 is 5.97 Å². The average molecular weight is 376 g/mol. The van der Waals surface area contributed by atoms with Crippen molar-refractivity contribution in [3.8, 4) is 0 Å². The second-order valence-corrected chi connectivity index (χ2v) is 8.02. The molecule has 27 heavy (non-hydrogen) atoms. The maximum atomic E-state index is 11.0. The van der Waals surface area contributed by atoms with Crippen LogP contribution in [0.15, 0.2) is 24.3 Å². The van der Waals surface area contributed by atoms with Crippen LogP contribution in [0.1, 0.15) is 24.8 Å². The summed E-state index contributed by atoms with van der Waals surface area (Å²) in [6.07, 6.45) is 2.11. The van der Waals surface area contributed by atoms with Gasteiger partial charge in [-0.15, -0.1) is 0 Å². The molecule has 1 N–H and O–H groups in total. The number of benzene rings is 1. The van der Waals surface area contributed by atoms with Crippen molar-refractivity contribution in [2.24, 2.45) is 5.92 Å². The molecule has 2 saturated heterocycles. The Hall–Kier alpha value is -1.63. The van der Waals surface area contributed by atoms with E-state index in [1.165, 1.54) is 11.3 Å². The summed E-state index contributed by atoms with van der Waals surface area (Å²) >= 11 is 0. The summed E-state index contributed by atoms with van der Waals surface area (Å²) in [4.78, 5) is 18.2. The molecule has 1 aromatic rings. The van der Waals surface area contributed by atoms with Crippen molar-refractivity contribution in [1.29, 1.82) is 0 Å². The summed E-state index contributed by atoms with van der Waals surface area (Å²) in [6.45, 7) is 6.47. The van der Waals surface area contributed by atoms with Crippen molar-refractivity contribution in [2.45, 2.75) is 31.8 Å². The lowest BCUT2D eigenvalue weighted by Gasteiger charge is -2.41. The third kappa shape index (κ3) is 5.67. The Morgan fingerprint density at radius 1 is 1.26 bits per heavy atom. The molecular weight excluding hydrogens is 342 g/mol. The largest absolute Gasteiger partial charge is 0.481 e. The Balaban J connectivity index is 1.62. The van der Waals surface area contributed by atoms with Crippen LogP contribution in [0.5, 0.6) is 0 Å². The van der Waals surface area contributed by atoms with Gasteiger partial charge in [0.1, 0.15) is 0 Å². The molecule has 0 aromatic heterocycles. The lowest BCUT2D eigenvalue weighted by molar-refractivity contribution is -0.137. The number of aliphatic carboxylic acids is 1. The number of piperidine rings is 1. The van der Waals surface area contributed by atoms with Gasteiger partial charge in [0, 0.05) is 44.3 Å². The number of hydrogen-bond donors (Lipinski definition) is 1. The van der Waals surface area contributed by atoms with Gasteiger partial charge in [-0.1, -0.05) is 12.1 Å². The molecule has 0 amide bonds. The Morgan fingerprint density at radius 2 is 2.04 bits per heavy atom. The standard InChI is InChI=1S/C21H33N3O3/c1-22(2)20-8-9-23(16-18(20)6-7-21(25)26)15-17-4-3-5-19(14-17)24-10-12-27-13-11-24/h3-5,14,18,20H,6-13,15-16H2,1-2H3,(H,25,26)/t18-,20+/m0/s1. The van der Waals surface area contributed by atoms with E-state index in [2.05, 4.69) is 53.1 Å². The number of rotatable bonds is 7. The van der Waals surface area contributed by atoms with Gasteiger partial charge in [-0.3, -0.25) is 9.69 Å². The maximum absolute atomic E-state index is 11.0. The molecule has 0 bridgehead atoms. The van der Waals surface area contributed by atoms with Gasteiger partial charge in [0.25, 0.3) is 0 Å². The molecule has 150 valence electrons. The molecule has 2 fully saturated rings. The van der Waals surface area contributed by atoms with E-state index in [9.17, 15) is 4.79 Å². The number of morpholine rings is 1. The molecule has 0 saturated carbocycles. The molecule has 6 nitrogen and oxygen atoms in total. The van der Waals surface area contributed by atoms with Crippen LogP contribution < -0.4 is 4.90 Å². The normalized spacial score (nSPS) is 24.3. The first-order valence-corrected chi connectivity index (χ1v) is 10.0. The highest BCUT2D eigenvalue weighted by Crippen LogP contribution is 2.27. The Morgan fingerprint density at radius 3 is 2.74 bits per heavy atom. The SMILES string of the molecule is CN(C)[C@@H]1CCN(Cc2cccc(N3CCOCC3)c2)C[C@@H]1CCC(=O)O. The number of ether oxygens (including phenoxy) is 1. The molecule has 6 heteroatoms. The molecule has 0 aliphatic carbocycles. The zero-order chi connectivity index (χ0) is 19.2. The first-order chi connectivity index (χ1) is 13.0. The van der Waals surface area contributed by atoms with E-state index in [4.69, 9.17) is 9.84 Å². The topological polar surface area (TPSA) is 56.2 Å². The van der Waals surface area contributed by atoms with Crippen molar-refractivity contribution in [2.75, 3.05) is 58.4 Å². The van der Waals surface area contributed by atoms with E-state index in [1.54, 1.807) is 0 Å². The molecule has 2 aliphatic rings. The predicted molar refractivity (Wildman–Crippen MR) is 107 cm³/mol. The summed E-state index contributed by atoms with van der Waals surface area (Å²) < 4.78 is 5.46. The van der Waals surface area contributed by atoms with E-state index in [0.717, 1.165) is 58.8 Å². The fourth-order valence-electron chi connectivity index (χ4n) is 4.44. The van der Waals surface area contributed by atoms with Crippen molar-refractivity contribution in [1.82, 2.24) is 9.80 Å². The predicted octanol–water partition coefficient (Wildman–Crippen LogP) is 2.14. The van der Waals surface area contributed by atoms with Crippen molar-refractivity contribution < 1.29 is 14.6 Å². The molecule has 1 aromatic carbocycles. The lowest BCUT2D eigenvalue weighted by atomic mass is 9.87. The summed E-state index contributed by atoms with van der Waals surface area (Å²) in [5.41, 5.74) is 2.61. The average Bonchev–Trinajstić information content (AvgIpc) is 2.67. The second kappa shape index (κ2) is 9.53. The zero-order valence-electron chi connectivity index (χ0n) is 16.6. The van der Waals surface area contributed by atoms with Crippen LogP contribution in [0.25, 0.3) is 0 Å². The van der Waals surface area contributed by atoms with E-state index in [0.29, 0.717) is 12.0 Å². The number of carboxylic acid groups (broad SMARTS) is 1. The molecule has 0 spiro atoms. The molecule has 0 unspecified atom stereocenters. The molecule has 2 heterocycles. The fraction of sp³-hybridized carbons (Fsp3) is 0.667. The highest BCUT2D eigenvalue weighted by atomic mass is 16.5. The zero-order valence-corrected chi connectivity index (χ0v) is 16.6. The van der Waals surface area contributed by atoms with Gasteiger partial charge in [0.15, 0.2) is 0 Å². The van der Waals surface area contributed by atoms with Crippen LogP contribution in [-0.2, 0) is 16.1 Å². The summed E-state index contributed by atoms with van der Waals surface area (Å²) in [5.74, 6) is -0.282. The third-order valence-corrected chi connectivity index (χ3v) is 5.86.